The summed E-state index contributed by atoms with van der Waals surface area (Å²) in [4.78, 5) is 11.3. The molecular formula is C11H24N2O. The molecule has 0 saturated carbocycles. The largest absolute Gasteiger partial charge is 0.330 e. The van der Waals surface area contributed by atoms with Gasteiger partial charge in [-0.25, -0.2) is 0 Å². The molecular weight excluding hydrogens is 176 g/mol. The van der Waals surface area contributed by atoms with Crippen LogP contribution >= 0.6 is 0 Å². The Labute approximate surface area is 87.4 Å². The average molecular weight is 200 g/mol. The van der Waals surface area contributed by atoms with Crippen LogP contribution in [0.25, 0.3) is 0 Å². The van der Waals surface area contributed by atoms with Crippen molar-refractivity contribution in [1.29, 1.82) is 0 Å². The number of Topliss-reactive ketones (excluding diaryl/α,β-unsaturated/α-hetero) is 1. The minimum absolute atomic E-state index is 0.000941. The van der Waals surface area contributed by atoms with Crippen molar-refractivity contribution in [2.45, 2.75) is 58.5 Å². The summed E-state index contributed by atoms with van der Waals surface area (Å²) in [7, 11) is 0. The highest BCUT2D eigenvalue weighted by Crippen LogP contribution is 2.07. The van der Waals surface area contributed by atoms with Crippen molar-refractivity contribution in [3.63, 3.8) is 0 Å². The Balaban J connectivity index is 3.97. The van der Waals surface area contributed by atoms with Gasteiger partial charge in [0.1, 0.15) is 5.78 Å². The Morgan fingerprint density at radius 1 is 1.36 bits per heavy atom. The minimum Gasteiger partial charge on any atom is -0.330 e. The summed E-state index contributed by atoms with van der Waals surface area (Å²) in [5, 5.41) is 3.32. The molecule has 0 aromatic rings. The van der Waals surface area contributed by atoms with Gasteiger partial charge in [0.2, 0.25) is 0 Å². The molecule has 0 aliphatic heterocycles. The van der Waals surface area contributed by atoms with Gasteiger partial charge < -0.3 is 11.1 Å². The second-order valence-electron chi connectivity index (χ2n) is 4.84. The highest BCUT2D eigenvalue weighted by atomic mass is 16.1. The van der Waals surface area contributed by atoms with E-state index in [0.29, 0.717) is 6.54 Å². The molecule has 0 spiro atoms. The summed E-state index contributed by atoms with van der Waals surface area (Å²) >= 11 is 0. The molecule has 0 saturated heterocycles. The molecule has 0 heterocycles. The molecule has 3 N–H and O–H groups in total. The molecule has 0 aliphatic rings. The van der Waals surface area contributed by atoms with Gasteiger partial charge in [-0.1, -0.05) is 6.42 Å². The van der Waals surface area contributed by atoms with Crippen LogP contribution in [0.5, 0.6) is 0 Å². The lowest BCUT2D eigenvalue weighted by Crippen LogP contribution is -2.47. The number of hydrogen-bond acceptors (Lipinski definition) is 3. The SMILES string of the molecule is CC(=O)C(CCCCN)NC(C)(C)C. The predicted molar refractivity (Wildman–Crippen MR) is 60.3 cm³/mol. The summed E-state index contributed by atoms with van der Waals surface area (Å²) in [5.41, 5.74) is 5.41. The van der Waals surface area contributed by atoms with Gasteiger partial charge in [0.25, 0.3) is 0 Å². The van der Waals surface area contributed by atoms with Crippen LogP contribution in [-0.4, -0.2) is 23.9 Å². The lowest BCUT2D eigenvalue weighted by atomic mass is 10.0. The van der Waals surface area contributed by atoms with E-state index in [9.17, 15) is 4.79 Å². The Morgan fingerprint density at radius 3 is 2.29 bits per heavy atom. The van der Waals surface area contributed by atoms with Crippen molar-refractivity contribution < 1.29 is 4.79 Å². The van der Waals surface area contributed by atoms with Gasteiger partial charge in [-0.15, -0.1) is 0 Å². The quantitative estimate of drug-likeness (QED) is 0.638. The number of hydrogen-bond donors (Lipinski definition) is 2. The van der Waals surface area contributed by atoms with Crippen LogP contribution in [0.1, 0.15) is 47.0 Å². The fraction of sp³-hybridized carbons (Fsp3) is 0.909. The summed E-state index contributed by atoms with van der Waals surface area (Å²) in [6, 6.07) is -0.0125. The van der Waals surface area contributed by atoms with E-state index in [0.717, 1.165) is 19.3 Å². The fourth-order valence-electron chi connectivity index (χ4n) is 1.39. The Kier molecular flexibility index (Phi) is 5.96. The number of nitrogens with two attached hydrogens (primary N) is 1. The first-order valence-electron chi connectivity index (χ1n) is 5.35. The Hall–Kier alpha value is -0.410. The van der Waals surface area contributed by atoms with Crippen molar-refractivity contribution in [2.24, 2.45) is 5.73 Å². The summed E-state index contributed by atoms with van der Waals surface area (Å²) in [6.07, 6.45) is 2.91. The van der Waals surface area contributed by atoms with Crippen molar-refractivity contribution in [2.75, 3.05) is 6.54 Å². The van der Waals surface area contributed by atoms with Crippen LogP contribution in [0.4, 0.5) is 0 Å². The number of nitrogens with one attached hydrogen (secondary N) is 1. The third-order valence-electron chi connectivity index (χ3n) is 2.04. The Bertz CT molecular complexity index is 173. The minimum atomic E-state index is -0.0125. The molecule has 0 radical (unpaired) electrons. The van der Waals surface area contributed by atoms with Crippen molar-refractivity contribution in [3.8, 4) is 0 Å². The average Bonchev–Trinajstić information content (AvgIpc) is 2.00. The standard InChI is InChI=1S/C11H24N2O/c1-9(14)10(7-5-6-8-12)13-11(2,3)4/h10,13H,5-8,12H2,1-4H3. The van der Waals surface area contributed by atoms with E-state index >= 15 is 0 Å². The molecule has 0 fully saturated rings. The molecule has 0 aromatic heterocycles. The van der Waals surface area contributed by atoms with Crippen LogP contribution in [0.3, 0.4) is 0 Å². The van der Waals surface area contributed by atoms with Gasteiger partial charge in [-0.05, 0) is 47.1 Å². The third-order valence-corrected chi connectivity index (χ3v) is 2.04. The third kappa shape index (κ3) is 7.04. The van der Waals surface area contributed by atoms with Crippen LogP contribution < -0.4 is 11.1 Å². The second-order valence-corrected chi connectivity index (χ2v) is 4.84. The Morgan fingerprint density at radius 2 is 1.93 bits per heavy atom. The zero-order valence-electron chi connectivity index (χ0n) is 9.89. The highest BCUT2D eigenvalue weighted by Gasteiger charge is 2.19. The lowest BCUT2D eigenvalue weighted by Gasteiger charge is -2.27. The number of rotatable bonds is 6. The molecule has 0 amide bonds. The van der Waals surface area contributed by atoms with E-state index in [-0.39, 0.29) is 17.4 Å². The van der Waals surface area contributed by atoms with E-state index < -0.39 is 0 Å². The van der Waals surface area contributed by atoms with E-state index in [4.69, 9.17) is 5.73 Å². The maximum Gasteiger partial charge on any atom is 0.146 e. The molecule has 84 valence electrons. The number of unbranched alkanes of at least 4 members (excludes halogenated alkanes) is 1. The van der Waals surface area contributed by atoms with Crippen molar-refractivity contribution >= 4 is 5.78 Å². The van der Waals surface area contributed by atoms with Gasteiger partial charge in [0.15, 0.2) is 0 Å². The molecule has 0 bridgehead atoms. The first kappa shape index (κ1) is 13.6. The molecule has 0 aliphatic carbocycles. The smallest absolute Gasteiger partial charge is 0.146 e. The monoisotopic (exact) mass is 200 g/mol. The van der Waals surface area contributed by atoms with Gasteiger partial charge >= 0.3 is 0 Å². The second kappa shape index (κ2) is 6.14. The van der Waals surface area contributed by atoms with Gasteiger partial charge in [-0.3, -0.25) is 4.79 Å². The summed E-state index contributed by atoms with van der Waals surface area (Å²) < 4.78 is 0. The van der Waals surface area contributed by atoms with Crippen molar-refractivity contribution in [3.05, 3.63) is 0 Å². The maximum absolute atomic E-state index is 11.3. The van der Waals surface area contributed by atoms with Gasteiger partial charge in [-0.2, -0.15) is 0 Å². The summed E-state index contributed by atoms with van der Waals surface area (Å²) in [5.74, 6) is 0.219. The lowest BCUT2D eigenvalue weighted by molar-refractivity contribution is -0.119. The number of ketones is 1. The van der Waals surface area contributed by atoms with E-state index in [1.165, 1.54) is 0 Å². The normalized spacial score (nSPS) is 14.1. The maximum atomic E-state index is 11.3. The molecule has 14 heavy (non-hydrogen) atoms. The van der Waals surface area contributed by atoms with Crippen molar-refractivity contribution in [1.82, 2.24) is 5.32 Å². The van der Waals surface area contributed by atoms with Crippen LogP contribution in [0.2, 0.25) is 0 Å². The van der Waals surface area contributed by atoms with E-state index in [2.05, 4.69) is 26.1 Å². The topological polar surface area (TPSA) is 55.1 Å². The zero-order valence-corrected chi connectivity index (χ0v) is 9.89. The summed E-state index contributed by atoms with van der Waals surface area (Å²) in [6.45, 7) is 8.58. The molecule has 3 heteroatoms. The first-order valence-corrected chi connectivity index (χ1v) is 5.35. The van der Waals surface area contributed by atoms with E-state index in [1.54, 1.807) is 6.92 Å². The van der Waals surface area contributed by atoms with Crippen LogP contribution in [0, 0.1) is 0 Å². The number of carbonyl (C=O) groups is 1. The van der Waals surface area contributed by atoms with Crippen LogP contribution in [-0.2, 0) is 4.79 Å². The zero-order chi connectivity index (χ0) is 11.2. The molecule has 1 atom stereocenters. The van der Waals surface area contributed by atoms with Gasteiger partial charge in [0.05, 0.1) is 6.04 Å². The van der Waals surface area contributed by atoms with Crippen LogP contribution in [0.15, 0.2) is 0 Å². The molecule has 1 unspecified atom stereocenters. The molecule has 0 aromatic carbocycles. The molecule has 3 nitrogen and oxygen atoms in total. The van der Waals surface area contributed by atoms with E-state index in [1.807, 2.05) is 0 Å². The fourth-order valence-corrected chi connectivity index (χ4v) is 1.39. The van der Waals surface area contributed by atoms with Gasteiger partial charge in [0, 0.05) is 5.54 Å². The number of carbonyl (C=O) groups excluding carboxylic acids is 1. The highest BCUT2D eigenvalue weighted by molar-refractivity contribution is 5.81. The predicted octanol–water partition coefficient (Wildman–Crippen LogP) is 1.46. The molecule has 0 rings (SSSR count). The first-order chi connectivity index (χ1) is 6.37.